The molecular weight excluding hydrogens is 520 g/mol. The third kappa shape index (κ3) is 7.81. The lowest BCUT2D eigenvalue weighted by molar-refractivity contribution is -0.0352. The second kappa shape index (κ2) is 13.7. The van der Waals surface area contributed by atoms with Gasteiger partial charge in [-0.3, -0.25) is 4.90 Å². The smallest absolute Gasteiger partial charge is 0.191 e. The zero-order valence-corrected chi connectivity index (χ0v) is 22.3. The Balaban J connectivity index is 0.00000363. The van der Waals surface area contributed by atoms with Crippen LogP contribution in [-0.4, -0.2) is 74.8 Å². The van der Waals surface area contributed by atoms with Crippen molar-refractivity contribution in [1.29, 1.82) is 0 Å². The number of nitrogens with zero attached hydrogens (tertiary/aromatic N) is 3. The Labute approximate surface area is 210 Å². The van der Waals surface area contributed by atoms with Gasteiger partial charge in [-0.1, -0.05) is 25.3 Å². The van der Waals surface area contributed by atoms with Crippen LogP contribution in [0.3, 0.4) is 0 Å². The minimum atomic E-state index is -0.156. The fraction of sp³-hybridized carbons (Fsp3) is 0.708. The van der Waals surface area contributed by atoms with Gasteiger partial charge in [0.1, 0.15) is 5.82 Å². The van der Waals surface area contributed by atoms with Crippen molar-refractivity contribution in [2.75, 3.05) is 53.5 Å². The van der Waals surface area contributed by atoms with Gasteiger partial charge in [0.2, 0.25) is 0 Å². The fourth-order valence-electron chi connectivity index (χ4n) is 4.80. The number of halogens is 2. The Hall–Kier alpha value is -0.970. The number of ether oxygens (including phenoxy) is 1. The van der Waals surface area contributed by atoms with Crippen LogP contribution in [0.25, 0.3) is 0 Å². The van der Waals surface area contributed by atoms with Crippen molar-refractivity contribution in [3.05, 3.63) is 35.1 Å². The van der Waals surface area contributed by atoms with Gasteiger partial charge in [0, 0.05) is 43.8 Å². The molecule has 0 atom stereocenters. The predicted octanol–water partition coefficient (Wildman–Crippen LogP) is 3.60. The highest BCUT2D eigenvalue weighted by molar-refractivity contribution is 14.0. The van der Waals surface area contributed by atoms with E-state index in [1.807, 2.05) is 31.1 Å². The second-order valence-corrected chi connectivity index (χ2v) is 9.10. The lowest BCUT2D eigenvalue weighted by Crippen LogP contribution is -2.60. The molecule has 1 saturated carbocycles. The first-order valence-corrected chi connectivity index (χ1v) is 11.8. The van der Waals surface area contributed by atoms with E-state index in [1.165, 1.54) is 32.1 Å². The second-order valence-electron chi connectivity index (χ2n) is 9.10. The Morgan fingerprint density at radius 3 is 2.53 bits per heavy atom. The summed E-state index contributed by atoms with van der Waals surface area (Å²) in [5.74, 6) is 0.676. The maximum Gasteiger partial charge on any atom is 0.191 e. The lowest BCUT2D eigenvalue weighted by atomic mass is 9.80. The molecule has 3 rings (SSSR count). The molecule has 0 bridgehead atoms. The molecule has 2 N–H and O–H groups in total. The van der Waals surface area contributed by atoms with Gasteiger partial charge in [-0.15, -0.1) is 24.0 Å². The van der Waals surface area contributed by atoms with Crippen LogP contribution in [0.4, 0.5) is 4.39 Å². The van der Waals surface area contributed by atoms with E-state index in [0.717, 1.165) is 50.9 Å². The van der Waals surface area contributed by atoms with Crippen LogP contribution >= 0.6 is 24.0 Å². The molecule has 0 unspecified atom stereocenters. The Morgan fingerprint density at radius 1 is 1.16 bits per heavy atom. The van der Waals surface area contributed by atoms with E-state index in [1.54, 1.807) is 6.07 Å². The summed E-state index contributed by atoms with van der Waals surface area (Å²) < 4.78 is 19.7. The first-order chi connectivity index (χ1) is 15.0. The molecule has 6 nitrogen and oxygen atoms in total. The van der Waals surface area contributed by atoms with E-state index >= 15 is 0 Å². The van der Waals surface area contributed by atoms with Crippen LogP contribution in [0.2, 0.25) is 0 Å². The monoisotopic (exact) mass is 561 g/mol. The van der Waals surface area contributed by atoms with Crippen molar-refractivity contribution < 1.29 is 9.13 Å². The van der Waals surface area contributed by atoms with E-state index in [0.29, 0.717) is 18.7 Å². The zero-order chi connectivity index (χ0) is 22.1. The fourth-order valence-corrected chi connectivity index (χ4v) is 4.80. The van der Waals surface area contributed by atoms with Crippen LogP contribution < -0.4 is 10.6 Å². The number of nitrogens with one attached hydrogen (secondary N) is 2. The Morgan fingerprint density at radius 2 is 1.88 bits per heavy atom. The third-order valence-electron chi connectivity index (χ3n) is 6.41. The average molecular weight is 562 g/mol. The minimum absolute atomic E-state index is 0. The van der Waals surface area contributed by atoms with Crippen LogP contribution in [0, 0.1) is 5.82 Å². The van der Waals surface area contributed by atoms with Gasteiger partial charge in [-0.25, -0.2) is 9.38 Å². The van der Waals surface area contributed by atoms with E-state index in [2.05, 4.69) is 22.5 Å². The van der Waals surface area contributed by atoms with Gasteiger partial charge in [-0.05, 0) is 51.6 Å². The SMILES string of the molecule is CCNC(=NCc1ccc(F)c(CN(C)C)c1)NCC1(N2CCOCC2)CCCCC1.I. The summed E-state index contributed by atoms with van der Waals surface area (Å²) in [6.45, 7) is 8.59. The first-order valence-electron chi connectivity index (χ1n) is 11.8. The normalized spacial score (nSPS) is 19.5. The summed E-state index contributed by atoms with van der Waals surface area (Å²) in [5.41, 5.74) is 1.92. The number of aliphatic imine (C=N–C) groups is 1. The molecule has 1 aliphatic carbocycles. The quantitative estimate of drug-likeness (QED) is 0.289. The maximum atomic E-state index is 14.1. The number of benzene rings is 1. The zero-order valence-electron chi connectivity index (χ0n) is 20.0. The molecule has 182 valence electrons. The molecule has 0 amide bonds. The molecule has 1 aliphatic heterocycles. The lowest BCUT2D eigenvalue weighted by Gasteiger charge is -2.48. The number of morpholine rings is 1. The number of hydrogen-bond acceptors (Lipinski definition) is 4. The molecule has 0 spiro atoms. The number of guanidine groups is 1. The predicted molar refractivity (Wildman–Crippen MR) is 140 cm³/mol. The summed E-state index contributed by atoms with van der Waals surface area (Å²) in [5, 5.41) is 7.02. The van der Waals surface area contributed by atoms with Crippen molar-refractivity contribution in [3.63, 3.8) is 0 Å². The van der Waals surface area contributed by atoms with Crippen molar-refractivity contribution >= 4 is 29.9 Å². The molecule has 1 heterocycles. The largest absolute Gasteiger partial charge is 0.379 e. The van der Waals surface area contributed by atoms with Crippen LogP contribution in [0.5, 0.6) is 0 Å². The summed E-state index contributed by atoms with van der Waals surface area (Å²) in [7, 11) is 3.90. The molecule has 8 heteroatoms. The molecule has 1 aromatic carbocycles. The number of rotatable bonds is 8. The molecule has 0 radical (unpaired) electrons. The third-order valence-corrected chi connectivity index (χ3v) is 6.41. The molecule has 2 aliphatic rings. The van der Waals surface area contributed by atoms with Gasteiger partial charge in [-0.2, -0.15) is 0 Å². The van der Waals surface area contributed by atoms with E-state index < -0.39 is 0 Å². The molecule has 2 fully saturated rings. The van der Waals surface area contributed by atoms with Gasteiger partial charge >= 0.3 is 0 Å². The van der Waals surface area contributed by atoms with Gasteiger partial charge in [0.15, 0.2) is 5.96 Å². The van der Waals surface area contributed by atoms with Crippen LogP contribution in [-0.2, 0) is 17.8 Å². The molecule has 1 aromatic rings. The molecule has 32 heavy (non-hydrogen) atoms. The van der Waals surface area contributed by atoms with E-state index in [4.69, 9.17) is 9.73 Å². The van der Waals surface area contributed by atoms with Crippen LogP contribution in [0.15, 0.2) is 23.2 Å². The Kier molecular flexibility index (Phi) is 11.7. The van der Waals surface area contributed by atoms with Gasteiger partial charge < -0.3 is 20.3 Å². The summed E-state index contributed by atoms with van der Waals surface area (Å²) in [6.07, 6.45) is 6.37. The van der Waals surface area contributed by atoms with Crippen molar-refractivity contribution in [3.8, 4) is 0 Å². The Bertz CT molecular complexity index is 718. The highest BCUT2D eigenvalue weighted by atomic mass is 127. The minimum Gasteiger partial charge on any atom is -0.379 e. The van der Waals surface area contributed by atoms with Crippen molar-refractivity contribution in [2.24, 2.45) is 4.99 Å². The molecule has 1 saturated heterocycles. The average Bonchev–Trinajstić information content (AvgIpc) is 2.78. The standard InChI is InChI=1S/C24H40FN5O.HI/c1-4-26-23(27-17-20-8-9-22(25)21(16-20)18-29(2)3)28-19-24(10-6-5-7-11-24)30-12-14-31-15-13-30;/h8-9,16H,4-7,10-15,17-19H2,1-3H3,(H2,26,27,28);1H. The van der Waals surface area contributed by atoms with Crippen LogP contribution in [0.1, 0.15) is 50.2 Å². The maximum absolute atomic E-state index is 14.1. The van der Waals surface area contributed by atoms with Crippen molar-refractivity contribution in [2.45, 2.75) is 57.7 Å². The van der Waals surface area contributed by atoms with Gasteiger partial charge in [0.05, 0.1) is 19.8 Å². The summed E-state index contributed by atoms with van der Waals surface area (Å²) >= 11 is 0. The van der Waals surface area contributed by atoms with E-state index in [9.17, 15) is 4.39 Å². The number of hydrogen-bond donors (Lipinski definition) is 2. The van der Waals surface area contributed by atoms with E-state index in [-0.39, 0.29) is 35.3 Å². The highest BCUT2D eigenvalue weighted by Crippen LogP contribution is 2.33. The molecular formula is C24H41FIN5O. The molecule has 0 aromatic heterocycles. The summed E-state index contributed by atoms with van der Waals surface area (Å²) in [6, 6.07) is 5.32. The first kappa shape index (κ1) is 27.3. The summed E-state index contributed by atoms with van der Waals surface area (Å²) in [4.78, 5) is 9.43. The van der Waals surface area contributed by atoms with Gasteiger partial charge in [0.25, 0.3) is 0 Å². The highest BCUT2D eigenvalue weighted by Gasteiger charge is 2.38. The topological polar surface area (TPSA) is 52.1 Å². The van der Waals surface area contributed by atoms with Crippen molar-refractivity contribution in [1.82, 2.24) is 20.4 Å².